The van der Waals surface area contributed by atoms with E-state index in [2.05, 4.69) is 27.2 Å². The molecule has 12 heteroatoms. The summed E-state index contributed by atoms with van der Waals surface area (Å²) in [5, 5.41) is 12.4. The van der Waals surface area contributed by atoms with E-state index >= 15 is 0 Å². The first kappa shape index (κ1) is 38.7. The summed E-state index contributed by atoms with van der Waals surface area (Å²) in [7, 11) is 0. The fraction of sp³-hybridized carbons (Fsp3) is 0.190. The summed E-state index contributed by atoms with van der Waals surface area (Å²) in [6.07, 6.45) is 0.761. The van der Waals surface area contributed by atoms with Gasteiger partial charge in [0.1, 0.15) is 11.4 Å². The molecule has 8 rings (SSSR count). The molecule has 0 aliphatic carbocycles. The van der Waals surface area contributed by atoms with Crippen molar-refractivity contribution in [3.05, 3.63) is 161 Å². The number of rotatable bonds is 7. The number of halogens is 2. The average Bonchev–Trinajstić information content (AvgIpc) is 3.80. The SMILES string of the molecule is CC.Cc1nc2c(=O)n(C(C)c3ccc(Cl)cc3)nc(-c3ccc(Cl)cc3)c2s1.Cc1nc2c(=O)n(CCc3ccccc3)nc(-c3ccccc3)c2s1. The van der Waals surface area contributed by atoms with Gasteiger partial charge in [-0.25, -0.2) is 19.3 Å². The van der Waals surface area contributed by atoms with E-state index in [1.54, 1.807) is 4.68 Å². The van der Waals surface area contributed by atoms with Gasteiger partial charge in [0.2, 0.25) is 0 Å². The van der Waals surface area contributed by atoms with Crippen LogP contribution in [0.1, 0.15) is 48.0 Å². The van der Waals surface area contributed by atoms with Crippen LogP contribution in [0.2, 0.25) is 10.0 Å². The molecule has 0 saturated heterocycles. The molecule has 0 bridgehead atoms. The Morgan fingerprint density at radius 2 is 1.11 bits per heavy atom. The predicted octanol–water partition coefficient (Wildman–Crippen LogP) is 10.8. The number of thiazole rings is 2. The Balaban J connectivity index is 0.000000177. The Hall–Kier alpha value is -5.00. The summed E-state index contributed by atoms with van der Waals surface area (Å²) in [6.45, 7) is 10.3. The predicted molar refractivity (Wildman–Crippen MR) is 225 cm³/mol. The molecule has 274 valence electrons. The lowest BCUT2D eigenvalue weighted by atomic mass is 10.1. The van der Waals surface area contributed by atoms with E-state index in [0.29, 0.717) is 27.6 Å². The number of benzene rings is 4. The van der Waals surface area contributed by atoms with Crippen LogP contribution in [0.4, 0.5) is 0 Å². The van der Waals surface area contributed by atoms with E-state index in [-0.39, 0.29) is 17.2 Å². The minimum absolute atomic E-state index is 0.116. The minimum atomic E-state index is -0.257. The quantitative estimate of drug-likeness (QED) is 0.159. The molecule has 0 N–H and O–H groups in total. The Morgan fingerprint density at radius 1 is 0.630 bits per heavy atom. The second-order valence-electron chi connectivity index (χ2n) is 12.1. The van der Waals surface area contributed by atoms with Crippen LogP contribution in [0.15, 0.2) is 119 Å². The number of hydrogen-bond acceptors (Lipinski definition) is 8. The first-order valence-corrected chi connectivity index (χ1v) is 19.9. The van der Waals surface area contributed by atoms with Gasteiger partial charge in [0, 0.05) is 27.7 Å². The van der Waals surface area contributed by atoms with Gasteiger partial charge >= 0.3 is 0 Å². The lowest BCUT2D eigenvalue weighted by Crippen LogP contribution is -2.27. The Kier molecular flexibility index (Phi) is 12.5. The van der Waals surface area contributed by atoms with Crippen LogP contribution in [0.25, 0.3) is 42.9 Å². The molecule has 4 aromatic heterocycles. The van der Waals surface area contributed by atoms with Crippen molar-refractivity contribution >= 4 is 66.3 Å². The van der Waals surface area contributed by atoms with Crippen LogP contribution in [0.5, 0.6) is 0 Å². The van der Waals surface area contributed by atoms with Crippen LogP contribution >= 0.6 is 45.9 Å². The molecule has 0 fully saturated rings. The summed E-state index contributed by atoms with van der Waals surface area (Å²) >= 11 is 15.0. The molecule has 4 heterocycles. The van der Waals surface area contributed by atoms with E-state index in [1.165, 1.54) is 32.9 Å². The molecule has 0 amide bonds. The molecular weight excluding hydrogens is 756 g/mol. The van der Waals surface area contributed by atoms with Crippen molar-refractivity contribution < 1.29 is 0 Å². The first-order valence-electron chi connectivity index (χ1n) is 17.5. The third-order valence-corrected chi connectivity index (χ3v) is 11.0. The molecule has 1 atom stereocenters. The fourth-order valence-electron chi connectivity index (χ4n) is 5.86. The van der Waals surface area contributed by atoms with Gasteiger partial charge in [-0.05, 0) is 62.6 Å². The van der Waals surface area contributed by atoms with Gasteiger partial charge in [-0.3, -0.25) is 9.59 Å². The number of fused-ring (bicyclic) bond motifs is 2. The monoisotopic (exact) mass is 792 g/mol. The van der Waals surface area contributed by atoms with Crippen LogP contribution in [-0.2, 0) is 13.0 Å². The van der Waals surface area contributed by atoms with Crippen molar-refractivity contribution in [1.82, 2.24) is 29.5 Å². The zero-order chi connectivity index (χ0) is 38.4. The molecule has 0 aliphatic rings. The van der Waals surface area contributed by atoms with Gasteiger partial charge in [0.05, 0.1) is 25.5 Å². The Morgan fingerprint density at radius 3 is 1.69 bits per heavy atom. The maximum absolute atomic E-state index is 13.1. The molecule has 0 aliphatic heterocycles. The molecule has 4 aromatic carbocycles. The molecule has 0 saturated carbocycles. The van der Waals surface area contributed by atoms with E-state index in [0.717, 1.165) is 53.9 Å². The van der Waals surface area contributed by atoms with Gasteiger partial charge in [0.15, 0.2) is 11.0 Å². The topological polar surface area (TPSA) is 95.6 Å². The molecule has 8 aromatic rings. The second-order valence-corrected chi connectivity index (χ2v) is 15.4. The van der Waals surface area contributed by atoms with Crippen LogP contribution in [0.3, 0.4) is 0 Å². The van der Waals surface area contributed by atoms with E-state index in [4.69, 9.17) is 28.3 Å². The highest BCUT2D eigenvalue weighted by Crippen LogP contribution is 2.32. The maximum Gasteiger partial charge on any atom is 0.294 e. The number of aromatic nitrogens is 6. The third kappa shape index (κ3) is 8.53. The second kappa shape index (κ2) is 17.4. The van der Waals surface area contributed by atoms with Crippen LogP contribution in [0, 0.1) is 13.8 Å². The number of aryl methyl sites for hydroxylation is 4. The van der Waals surface area contributed by atoms with Gasteiger partial charge in [0.25, 0.3) is 11.1 Å². The van der Waals surface area contributed by atoms with Crippen LogP contribution < -0.4 is 11.1 Å². The third-order valence-electron chi connectivity index (χ3n) is 8.51. The van der Waals surface area contributed by atoms with E-state index in [9.17, 15) is 9.59 Å². The zero-order valence-corrected chi connectivity index (χ0v) is 33.6. The van der Waals surface area contributed by atoms with Crippen molar-refractivity contribution in [3.8, 4) is 22.5 Å². The summed E-state index contributed by atoms with van der Waals surface area (Å²) in [5.74, 6) is 0. The summed E-state index contributed by atoms with van der Waals surface area (Å²) in [5.41, 5.74) is 6.23. The molecule has 1 unspecified atom stereocenters. The summed E-state index contributed by atoms with van der Waals surface area (Å²) < 4.78 is 4.70. The van der Waals surface area contributed by atoms with Gasteiger partial charge in [-0.2, -0.15) is 10.2 Å². The first-order chi connectivity index (χ1) is 26.2. The Bertz CT molecular complexity index is 2620. The van der Waals surface area contributed by atoms with Gasteiger partial charge in [-0.1, -0.05) is 122 Å². The zero-order valence-electron chi connectivity index (χ0n) is 30.5. The molecule has 8 nitrogen and oxygen atoms in total. The van der Waals surface area contributed by atoms with Crippen LogP contribution in [-0.4, -0.2) is 29.5 Å². The van der Waals surface area contributed by atoms with Crippen molar-refractivity contribution in [3.63, 3.8) is 0 Å². The van der Waals surface area contributed by atoms with E-state index in [1.807, 2.05) is 132 Å². The average molecular weight is 794 g/mol. The summed E-state index contributed by atoms with van der Waals surface area (Å²) in [6, 6.07) is 34.7. The van der Waals surface area contributed by atoms with Gasteiger partial charge in [-0.15, -0.1) is 22.7 Å². The molecule has 54 heavy (non-hydrogen) atoms. The highest BCUT2D eigenvalue weighted by Gasteiger charge is 2.20. The largest absolute Gasteiger partial charge is 0.294 e. The van der Waals surface area contributed by atoms with E-state index < -0.39 is 0 Å². The van der Waals surface area contributed by atoms with Crippen molar-refractivity contribution in [2.45, 2.75) is 53.6 Å². The maximum atomic E-state index is 13.1. The standard InChI is InChI=1S/C20H15Cl2N3OS.C20H17N3OS.C2H6/c1-11(13-3-7-15(21)8-4-13)25-20(26)18-19(27-12(2)23-18)17(24-25)14-5-9-16(22)10-6-14;1-14-21-18-19(25-14)17(16-10-6-3-7-11-16)22-23(20(18)24)13-12-15-8-4-2-5-9-15;1-2/h3-11H,1-2H3;2-11H,12-13H2,1H3;1-2H3. The normalized spacial score (nSPS) is 11.5. The molecule has 0 radical (unpaired) electrons. The lowest BCUT2D eigenvalue weighted by Gasteiger charge is -2.16. The van der Waals surface area contributed by atoms with Crippen molar-refractivity contribution in [2.75, 3.05) is 0 Å². The van der Waals surface area contributed by atoms with Crippen molar-refractivity contribution in [2.24, 2.45) is 0 Å². The van der Waals surface area contributed by atoms with Gasteiger partial charge < -0.3 is 0 Å². The highest BCUT2D eigenvalue weighted by molar-refractivity contribution is 7.19. The molecular formula is C42H38Cl2N6O2S2. The highest BCUT2D eigenvalue weighted by atomic mass is 35.5. The smallest absolute Gasteiger partial charge is 0.265 e. The summed E-state index contributed by atoms with van der Waals surface area (Å²) in [4.78, 5) is 34.8. The fourth-order valence-corrected chi connectivity index (χ4v) is 7.95. The number of hydrogen-bond donors (Lipinski definition) is 0. The number of nitrogens with zero attached hydrogens (tertiary/aromatic N) is 6. The lowest BCUT2D eigenvalue weighted by molar-refractivity contribution is 0.539. The minimum Gasteiger partial charge on any atom is -0.265 e. The van der Waals surface area contributed by atoms with Crippen molar-refractivity contribution in [1.29, 1.82) is 0 Å². The Labute approximate surface area is 331 Å². The molecule has 0 spiro atoms.